The maximum absolute atomic E-state index is 11.6. The predicted octanol–water partition coefficient (Wildman–Crippen LogP) is -1.14. The molecule has 0 heterocycles. The summed E-state index contributed by atoms with van der Waals surface area (Å²) in [7, 11) is -3.38. The van der Waals surface area contributed by atoms with E-state index in [0.29, 0.717) is 0 Å². The van der Waals surface area contributed by atoms with Crippen molar-refractivity contribution in [2.24, 2.45) is 0 Å². The Hall–Kier alpha value is -0.950. The molecule has 0 aliphatic heterocycles. The lowest BCUT2D eigenvalue weighted by atomic mass is 9.75. The van der Waals surface area contributed by atoms with Gasteiger partial charge in [0.05, 0.1) is 0 Å². The Balaban J connectivity index is 2.81. The molecule has 0 fully saturated rings. The molecule has 2 N–H and O–H groups in total. The van der Waals surface area contributed by atoms with Gasteiger partial charge in [-0.25, -0.2) is 9.72 Å². The molecule has 14 heavy (non-hydrogen) atoms. The van der Waals surface area contributed by atoms with Crippen LogP contribution in [0.2, 0.25) is 0 Å². The second-order valence-corrected chi connectivity index (χ2v) is 2.55. The highest BCUT2D eigenvalue weighted by atomic mass is 19.3. The van der Waals surface area contributed by atoms with Crippen molar-refractivity contribution < 1.29 is 28.8 Å². The quantitative estimate of drug-likeness (QED) is 0.605. The predicted molar refractivity (Wildman–Crippen MR) is 46.0 cm³/mol. The van der Waals surface area contributed by atoms with Gasteiger partial charge in [0.2, 0.25) is 0 Å². The summed E-state index contributed by atoms with van der Waals surface area (Å²) in [5.41, 5.74) is 0.282. The molecule has 0 unspecified atom stereocenters. The molecule has 1 aromatic carbocycles. The third kappa shape index (κ3) is 2.52. The highest BCUT2D eigenvalue weighted by Gasteiger charge is 2.24. The van der Waals surface area contributed by atoms with E-state index < -0.39 is 14.2 Å². The van der Waals surface area contributed by atoms with Gasteiger partial charge in [-0.1, -0.05) is 33.3 Å². The fourth-order valence-corrected chi connectivity index (χ4v) is 0.942. The second-order valence-electron chi connectivity index (χ2n) is 2.55. The fraction of sp³-hybridized carbons (Fsp3) is 0. The van der Waals surface area contributed by atoms with Crippen LogP contribution in [0.5, 0.6) is 0 Å². The molecule has 0 bridgehead atoms. The van der Waals surface area contributed by atoms with E-state index in [1.807, 2.05) is 0 Å². The Labute approximate surface area is 79.2 Å². The molecule has 1 aromatic rings. The third-order valence-electron chi connectivity index (χ3n) is 1.67. The summed E-state index contributed by atoms with van der Waals surface area (Å²) in [5.74, 6) is 0. The zero-order valence-corrected chi connectivity index (χ0v) is 6.93. The van der Waals surface area contributed by atoms with Crippen molar-refractivity contribution in [3.05, 3.63) is 24.3 Å². The minimum absolute atomic E-state index is 0.0828. The van der Waals surface area contributed by atoms with Crippen LogP contribution in [0.25, 0.3) is 0 Å². The van der Waals surface area contributed by atoms with E-state index in [4.69, 9.17) is 10.0 Å². The van der Waals surface area contributed by atoms with Gasteiger partial charge in [-0.05, 0) is 10.9 Å². The molecule has 0 spiro atoms. The molecule has 0 aliphatic carbocycles. The van der Waals surface area contributed by atoms with Gasteiger partial charge >= 0.3 is 14.2 Å². The molecule has 74 valence electrons. The van der Waals surface area contributed by atoms with Crippen LogP contribution in [0.3, 0.4) is 0 Å². The average Bonchev–Trinajstić information content (AvgIpc) is 2.20. The van der Waals surface area contributed by atoms with Crippen LogP contribution in [0.1, 0.15) is 0 Å². The lowest BCUT2D eigenvalue weighted by molar-refractivity contribution is -0.100. The zero-order chi connectivity index (χ0) is 10.6. The smallest absolute Gasteiger partial charge is 0.423 e. The minimum Gasteiger partial charge on any atom is -0.423 e. The molecule has 0 atom stereocenters. The van der Waals surface area contributed by atoms with E-state index in [-0.39, 0.29) is 10.9 Å². The number of halogens is 2. The first kappa shape index (κ1) is 11.1. The summed E-state index contributed by atoms with van der Waals surface area (Å²) in [4.78, 5) is 6.33. The van der Waals surface area contributed by atoms with Crippen molar-refractivity contribution in [2.45, 2.75) is 0 Å². The Bertz CT molecular complexity index is 278. The Morgan fingerprint density at radius 2 is 1.36 bits per heavy atom. The summed E-state index contributed by atoms with van der Waals surface area (Å²) < 4.78 is 23.3. The van der Waals surface area contributed by atoms with Gasteiger partial charge < -0.3 is 10.0 Å². The van der Waals surface area contributed by atoms with Gasteiger partial charge in [0.15, 0.2) is 0 Å². The number of rotatable bonds is 4. The number of hydrogen-bond donors (Lipinski definition) is 2. The summed E-state index contributed by atoms with van der Waals surface area (Å²) in [5, 5.41) is 17.4. The molecule has 1 rings (SSSR count). The van der Waals surface area contributed by atoms with Crippen molar-refractivity contribution in [3.63, 3.8) is 0 Å². The SMILES string of the molecule is OB(O)c1ccc(B(OF)OF)cc1. The van der Waals surface area contributed by atoms with Crippen molar-refractivity contribution in [3.8, 4) is 0 Å². The Morgan fingerprint density at radius 1 is 0.929 bits per heavy atom. The highest BCUT2D eigenvalue weighted by Crippen LogP contribution is 1.93. The van der Waals surface area contributed by atoms with Crippen LogP contribution in [0.15, 0.2) is 24.3 Å². The lowest BCUT2D eigenvalue weighted by Crippen LogP contribution is -2.36. The van der Waals surface area contributed by atoms with E-state index in [2.05, 4.69) is 9.72 Å². The molecule has 0 amide bonds. The molecule has 8 heteroatoms. The van der Waals surface area contributed by atoms with Gasteiger partial charge in [-0.2, -0.15) is 0 Å². The van der Waals surface area contributed by atoms with Crippen LogP contribution in [-0.2, 0) is 9.72 Å². The maximum atomic E-state index is 11.6. The van der Waals surface area contributed by atoms with E-state index in [1.165, 1.54) is 24.3 Å². The number of hydrogen-bond acceptors (Lipinski definition) is 4. The van der Waals surface area contributed by atoms with Crippen molar-refractivity contribution in [2.75, 3.05) is 0 Å². The number of benzene rings is 1. The fourth-order valence-electron chi connectivity index (χ4n) is 0.942. The molecule has 0 aliphatic rings. The van der Waals surface area contributed by atoms with Crippen LogP contribution < -0.4 is 10.9 Å². The molecule has 0 radical (unpaired) electrons. The Morgan fingerprint density at radius 3 is 1.71 bits per heavy atom. The standard InChI is InChI=1S/C6H6B2F2O4/c9-13-8(14-10)6-3-1-5(2-4-6)7(11)12/h1-4,11-12H. The normalized spacial score (nSPS) is 10.0. The minimum atomic E-state index is -1.75. The molecule has 0 saturated heterocycles. The summed E-state index contributed by atoms with van der Waals surface area (Å²) in [6.07, 6.45) is 0. The van der Waals surface area contributed by atoms with Crippen LogP contribution in [0.4, 0.5) is 9.05 Å². The van der Waals surface area contributed by atoms with Gasteiger partial charge in [0.1, 0.15) is 0 Å². The molecule has 0 aromatic heterocycles. The van der Waals surface area contributed by atoms with E-state index >= 15 is 0 Å². The van der Waals surface area contributed by atoms with E-state index in [1.54, 1.807) is 0 Å². The van der Waals surface area contributed by atoms with Gasteiger partial charge in [0.25, 0.3) is 0 Å². The van der Waals surface area contributed by atoms with E-state index in [0.717, 1.165) is 0 Å². The van der Waals surface area contributed by atoms with Crippen molar-refractivity contribution in [1.82, 2.24) is 0 Å². The van der Waals surface area contributed by atoms with Crippen LogP contribution in [0, 0.1) is 0 Å². The van der Waals surface area contributed by atoms with Crippen LogP contribution in [-0.4, -0.2) is 24.3 Å². The Kier molecular flexibility index (Phi) is 4.02. The first-order chi connectivity index (χ1) is 6.69. The molecule has 0 saturated carbocycles. The van der Waals surface area contributed by atoms with Crippen molar-refractivity contribution >= 4 is 25.2 Å². The second kappa shape index (κ2) is 5.06. The average molecular weight is 202 g/mol. The largest absolute Gasteiger partial charge is 0.568 e. The van der Waals surface area contributed by atoms with Crippen molar-refractivity contribution in [1.29, 1.82) is 0 Å². The topological polar surface area (TPSA) is 58.9 Å². The molecular weight excluding hydrogens is 196 g/mol. The summed E-state index contributed by atoms with van der Waals surface area (Å²) in [6.45, 7) is 0. The molecule has 4 nitrogen and oxygen atoms in total. The van der Waals surface area contributed by atoms with E-state index in [9.17, 15) is 9.05 Å². The molecular formula is C6H6B2F2O4. The highest BCUT2D eigenvalue weighted by molar-refractivity contribution is 6.62. The van der Waals surface area contributed by atoms with Gasteiger partial charge in [-0.3, -0.25) is 0 Å². The van der Waals surface area contributed by atoms with Crippen LogP contribution >= 0.6 is 0 Å². The zero-order valence-electron chi connectivity index (χ0n) is 6.93. The maximum Gasteiger partial charge on any atom is 0.568 e. The first-order valence-corrected chi connectivity index (χ1v) is 3.70. The van der Waals surface area contributed by atoms with Gasteiger partial charge in [0, 0.05) is 0 Å². The summed E-state index contributed by atoms with van der Waals surface area (Å²) in [6, 6.07) is 5.06. The lowest BCUT2D eigenvalue weighted by Gasteiger charge is -2.03. The summed E-state index contributed by atoms with van der Waals surface area (Å²) >= 11 is 0. The van der Waals surface area contributed by atoms with Gasteiger partial charge in [-0.15, -0.1) is 0 Å². The monoisotopic (exact) mass is 202 g/mol. The first-order valence-electron chi connectivity index (χ1n) is 3.70. The third-order valence-corrected chi connectivity index (χ3v) is 1.67.